The number of hydrogen-bond acceptors (Lipinski definition) is 8. The Labute approximate surface area is 228 Å². The molecule has 0 saturated heterocycles. The highest BCUT2D eigenvalue weighted by atomic mass is 35.5. The second kappa shape index (κ2) is 12.2. The Morgan fingerprint density at radius 3 is 2.18 bits per heavy atom. The van der Waals surface area contributed by atoms with Crippen LogP contribution in [0.5, 0.6) is 0 Å². The Balaban J connectivity index is 1.81. The first-order chi connectivity index (χ1) is 18.3. The molecular formula is C23H21ClN4O9S2. The Morgan fingerprint density at radius 1 is 0.949 bits per heavy atom. The maximum atomic E-state index is 13.4. The molecule has 206 valence electrons. The molecule has 13 nitrogen and oxygen atoms in total. The number of non-ortho nitro benzene ring substituents is 1. The van der Waals surface area contributed by atoms with Gasteiger partial charge in [0.1, 0.15) is 0 Å². The number of hydrogen-bond donors (Lipinski definition) is 3. The summed E-state index contributed by atoms with van der Waals surface area (Å²) < 4.78 is 54.3. The van der Waals surface area contributed by atoms with Gasteiger partial charge >= 0.3 is 12.0 Å². The highest BCUT2D eigenvalue weighted by Crippen LogP contribution is 2.23. The van der Waals surface area contributed by atoms with Gasteiger partial charge in [-0.05, 0) is 48.0 Å². The van der Waals surface area contributed by atoms with E-state index in [0.29, 0.717) is 10.6 Å². The van der Waals surface area contributed by atoms with E-state index in [9.17, 15) is 36.5 Å². The molecule has 0 saturated carbocycles. The lowest BCUT2D eigenvalue weighted by Gasteiger charge is -2.22. The van der Waals surface area contributed by atoms with Crippen LogP contribution in [0.4, 0.5) is 16.2 Å². The van der Waals surface area contributed by atoms with Crippen molar-refractivity contribution in [3.63, 3.8) is 0 Å². The van der Waals surface area contributed by atoms with E-state index < -0.39 is 49.9 Å². The van der Waals surface area contributed by atoms with Crippen LogP contribution in [0.2, 0.25) is 5.02 Å². The first-order valence-corrected chi connectivity index (χ1v) is 14.2. The van der Waals surface area contributed by atoms with Gasteiger partial charge in [0.2, 0.25) is 10.0 Å². The zero-order chi connectivity index (χ0) is 28.8. The number of halogens is 1. The van der Waals surface area contributed by atoms with E-state index >= 15 is 0 Å². The van der Waals surface area contributed by atoms with Gasteiger partial charge < -0.3 is 10.4 Å². The summed E-state index contributed by atoms with van der Waals surface area (Å²) in [4.78, 5) is 33.2. The normalized spacial score (nSPS) is 11.6. The summed E-state index contributed by atoms with van der Waals surface area (Å²) in [5, 5.41) is 22.5. The van der Waals surface area contributed by atoms with Gasteiger partial charge in [-0.1, -0.05) is 29.8 Å². The summed E-state index contributed by atoms with van der Waals surface area (Å²) in [5.41, 5.74) is 0.109. The minimum Gasteiger partial charge on any atom is -0.481 e. The molecule has 0 atom stereocenters. The van der Waals surface area contributed by atoms with E-state index in [2.05, 4.69) is 5.32 Å². The van der Waals surface area contributed by atoms with Gasteiger partial charge in [-0.2, -0.15) is 4.31 Å². The topological polar surface area (TPSA) is 193 Å². The van der Waals surface area contributed by atoms with Crippen LogP contribution in [0, 0.1) is 10.1 Å². The van der Waals surface area contributed by atoms with Gasteiger partial charge in [-0.3, -0.25) is 14.9 Å². The van der Waals surface area contributed by atoms with Crippen molar-refractivity contribution in [3.8, 4) is 0 Å². The summed E-state index contributed by atoms with van der Waals surface area (Å²) in [6.45, 7) is -0.697. The fraction of sp³-hybridized carbons (Fsp3) is 0.130. The second-order valence-corrected chi connectivity index (χ2v) is 12.0. The fourth-order valence-corrected chi connectivity index (χ4v) is 5.77. The molecule has 0 radical (unpaired) electrons. The predicted octanol–water partition coefficient (Wildman–Crippen LogP) is 3.42. The number of sulfonamides is 2. The second-order valence-electron chi connectivity index (χ2n) is 7.95. The molecule has 0 heterocycles. The number of carbonyl (C=O) groups is 2. The van der Waals surface area contributed by atoms with Crippen LogP contribution in [0.25, 0.3) is 0 Å². The van der Waals surface area contributed by atoms with E-state index in [-0.39, 0.29) is 27.7 Å². The molecule has 3 aromatic carbocycles. The third kappa shape index (κ3) is 7.97. The Hall–Kier alpha value is -4.05. The number of carbonyl (C=O) groups excluding carboxylic acids is 1. The minimum absolute atomic E-state index is 0.0617. The van der Waals surface area contributed by atoms with Crippen LogP contribution in [-0.4, -0.2) is 49.7 Å². The summed E-state index contributed by atoms with van der Waals surface area (Å²) in [6, 6.07) is 13.9. The third-order valence-electron chi connectivity index (χ3n) is 5.16. The summed E-state index contributed by atoms with van der Waals surface area (Å²) in [7, 11) is -8.58. The molecule has 2 amide bonds. The van der Waals surface area contributed by atoms with E-state index in [4.69, 9.17) is 16.7 Å². The zero-order valence-electron chi connectivity index (χ0n) is 19.9. The molecule has 3 aromatic rings. The monoisotopic (exact) mass is 596 g/mol. The van der Waals surface area contributed by atoms with Crippen LogP contribution < -0.4 is 10.0 Å². The molecule has 39 heavy (non-hydrogen) atoms. The maximum absolute atomic E-state index is 13.4. The SMILES string of the molecule is O=C(O)CCN(Cc1ccc([N+](=O)[O-])cc1)S(=O)(=O)c1cccc(NC(=O)NS(=O)(=O)c2ccc(Cl)cc2)c1. The molecule has 0 bridgehead atoms. The lowest BCUT2D eigenvalue weighted by Crippen LogP contribution is -2.34. The number of nitrogens with one attached hydrogen (secondary N) is 2. The molecule has 0 unspecified atom stereocenters. The van der Waals surface area contributed by atoms with Gasteiger partial charge in [0, 0.05) is 35.9 Å². The number of nitrogens with zero attached hydrogens (tertiary/aromatic N) is 2. The number of benzene rings is 3. The molecule has 0 aliphatic carbocycles. The Bertz CT molecular complexity index is 1600. The lowest BCUT2D eigenvalue weighted by molar-refractivity contribution is -0.384. The Kier molecular flexibility index (Phi) is 9.24. The standard InChI is InChI=1S/C23H21ClN4O9S2/c24-17-6-10-20(11-7-17)38(34,35)26-23(31)25-18-2-1-3-21(14-18)39(36,37)27(13-12-22(29)30)15-16-4-8-19(9-5-16)28(32)33/h1-11,14H,12-13,15H2,(H,29,30)(H2,25,26,31). The third-order valence-corrected chi connectivity index (χ3v) is 8.60. The van der Waals surface area contributed by atoms with Crippen molar-refractivity contribution in [1.82, 2.24) is 9.03 Å². The highest BCUT2D eigenvalue weighted by molar-refractivity contribution is 7.90. The van der Waals surface area contributed by atoms with Gasteiger partial charge in [-0.15, -0.1) is 0 Å². The van der Waals surface area contributed by atoms with Crippen molar-refractivity contribution < 1.29 is 36.5 Å². The van der Waals surface area contributed by atoms with Crippen molar-refractivity contribution in [3.05, 3.63) is 93.5 Å². The molecule has 0 fully saturated rings. The van der Waals surface area contributed by atoms with Crippen LogP contribution in [0.1, 0.15) is 12.0 Å². The fourth-order valence-electron chi connectivity index (χ4n) is 3.27. The first-order valence-electron chi connectivity index (χ1n) is 10.9. The molecular weight excluding hydrogens is 576 g/mol. The summed E-state index contributed by atoms with van der Waals surface area (Å²) in [6.07, 6.45) is -0.519. The van der Waals surface area contributed by atoms with Crippen molar-refractivity contribution in [1.29, 1.82) is 0 Å². The van der Waals surface area contributed by atoms with Gasteiger partial charge in [-0.25, -0.2) is 26.4 Å². The van der Waals surface area contributed by atoms with Crippen LogP contribution in [0.3, 0.4) is 0 Å². The summed E-state index contributed by atoms with van der Waals surface area (Å²) in [5.74, 6) is -1.24. The van der Waals surface area contributed by atoms with Crippen molar-refractivity contribution in [2.45, 2.75) is 22.8 Å². The molecule has 16 heteroatoms. The average molecular weight is 597 g/mol. The van der Waals surface area contributed by atoms with E-state index in [1.54, 1.807) is 4.72 Å². The van der Waals surface area contributed by atoms with Gasteiger partial charge in [0.25, 0.3) is 15.7 Å². The molecule has 0 aliphatic heterocycles. The number of aliphatic carboxylic acids is 1. The maximum Gasteiger partial charge on any atom is 0.333 e. The number of urea groups is 1. The zero-order valence-corrected chi connectivity index (χ0v) is 22.2. The van der Waals surface area contributed by atoms with Gasteiger partial charge in [0.15, 0.2) is 0 Å². The average Bonchev–Trinajstić information content (AvgIpc) is 2.86. The van der Waals surface area contributed by atoms with Gasteiger partial charge in [0.05, 0.1) is 21.1 Å². The number of anilines is 1. The number of rotatable bonds is 11. The molecule has 0 aromatic heterocycles. The quantitative estimate of drug-likeness (QED) is 0.219. The molecule has 0 spiro atoms. The minimum atomic E-state index is -4.33. The first kappa shape index (κ1) is 29.5. The number of nitro benzene ring substituents is 1. The smallest absolute Gasteiger partial charge is 0.333 e. The van der Waals surface area contributed by atoms with E-state index in [1.165, 1.54) is 66.7 Å². The highest BCUT2D eigenvalue weighted by Gasteiger charge is 2.26. The summed E-state index contributed by atoms with van der Waals surface area (Å²) >= 11 is 5.75. The Morgan fingerprint density at radius 2 is 1.59 bits per heavy atom. The lowest BCUT2D eigenvalue weighted by atomic mass is 10.2. The van der Waals surface area contributed by atoms with E-state index in [0.717, 1.165) is 10.4 Å². The molecule has 3 N–H and O–H groups in total. The molecule has 0 aliphatic rings. The number of carboxylic acids is 1. The van der Waals surface area contributed by atoms with Crippen molar-refractivity contribution in [2.24, 2.45) is 0 Å². The molecule has 3 rings (SSSR count). The van der Waals surface area contributed by atoms with Crippen molar-refractivity contribution >= 4 is 55.0 Å². The number of nitro groups is 1. The van der Waals surface area contributed by atoms with Crippen molar-refractivity contribution in [2.75, 3.05) is 11.9 Å². The number of amides is 2. The van der Waals surface area contributed by atoms with Crippen LogP contribution >= 0.6 is 11.6 Å². The largest absolute Gasteiger partial charge is 0.481 e. The number of carboxylic acid groups (broad SMARTS) is 1. The van der Waals surface area contributed by atoms with Crippen LogP contribution in [-0.2, 0) is 31.4 Å². The van der Waals surface area contributed by atoms with Crippen LogP contribution in [0.15, 0.2) is 82.6 Å². The van der Waals surface area contributed by atoms with E-state index in [1.807, 2.05) is 0 Å². The predicted molar refractivity (Wildman–Crippen MR) is 140 cm³/mol.